The number of benzene rings is 1. The van der Waals surface area contributed by atoms with Crippen LogP contribution in [0.15, 0.2) is 30.3 Å². The molecule has 2 N–H and O–H groups in total. The van der Waals surface area contributed by atoms with Gasteiger partial charge < -0.3 is 15.4 Å². The summed E-state index contributed by atoms with van der Waals surface area (Å²) >= 11 is 0. The molecule has 1 aromatic rings. The van der Waals surface area contributed by atoms with Crippen LogP contribution in [0.1, 0.15) is 46.5 Å². The Kier molecular flexibility index (Phi) is 8.53. The van der Waals surface area contributed by atoms with Crippen molar-refractivity contribution in [3.63, 3.8) is 0 Å². The van der Waals surface area contributed by atoms with Crippen LogP contribution in [0.4, 0.5) is 5.69 Å². The lowest BCUT2D eigenvalue weighted by Crippen LogP contribution is -2.43. The minimum Gasteiger partial charge on any atom is -0.346 e. The summed E-state index contributed by atoms with van der Waals surface area (Å²) in [4.78, 5) is 47.2. The molecule has 0 aliphatic carbocycles. The normalized spacial score (nSPS) is 11.7. The average molecular weight is 346 g/mol. The van der Waals surface area contributed by atoms with Crippen LogP contribution in [0.25, 0.3) is 0 Å². The number of rotatable bonds is 10. The van der Waals surface area contributed by atoms with Gasteiger partial charge in [-0.1, -0.05) is 32.0 Å². The number of hydrogen-bond donors (Lipinski definition) is 2. The van der Waals surface area contributed by atoms with Crippen molar-refractivity contribution >= 4 is 29.1 Å². The summed E-state index contributed by atoms with van der Waals surface area (Å²) in [6.45, 7) is 4.92. The lowest BCUT2D eigenvalue weighted by molar-refractivity contribution is -0.130. The van der Waals surface area contributed by atoms with E-state index in [-0.39, 0.29) is 55.0 Å². The number of nitrogens with one attached hydrogen (secondary N) is 2. The molecule has 0 saturated carbocycles. The molecule has 0 fully saturated rings. The molecule has 0 aromatic heterocycles. The highest BCUT2D eigenvalue weighted by Gasteiger charge is 2.23. The highest BCUT2D eigenvalue weighted by molar-refractivity contribution is 5.93. The van der Waals surface area contributed by atoms with Crippen molar-refractivity contribution in [1.29, 1.82) is 0 Å². The topological polar surface area (TPSA) is 92.3 Å². The Balaban J connectivity index is 2.58. The van der Waals surface area contributed by atoms with E-state index in [2.05, 4.69) is 10.6 Å². The van der Waals surface area contributed by atoms with E-state index in [0.29, 0.717) is 5.69 Å². The SMILES string of the molecule is CC(=O)CCC(=O)NC(CCC(=O)Nc1ccccc1)C(=O)C(C)C. The van der Waals surface area contributed by atoms with Crippen molar-refractivity contribution < 1.29 is 19.2 Å². The molecule has 136 valence electrons. The smallest absolute Gasteiger partial charge is 0.224 e. The molecule has 0 aliphatic rings. The molecule has 0 saturated heterocycles. The Labute approximate surface area is 148 Å². The first-order valence-electron chi connectivity index (χ1n) is 8.47. The Morgan fingerprint density at radius 3 is 2.12 bits per heavy atom. The quantitative estimate of drug-likeness (QED) is 0.681. The molecule has 25 heavy (non-hydrogen) atoms. The van der Waals surface area contributed by atoms with E-state index in [1.54, 1.807) is 26.0 Å². The molecular formula is C19H26N2O4. The van der Waals surface area contributed by atoms with Crippen molar-refractivity contribution in [2.75, 3.05) is 5.32 Å². The third kappa shape index (κ3) is 8.24. The maximum absolute atomic E-state index is 12.3. The van der Waals surface area contributed by atoms with Crippen LogP contribution in [-0.2, 0) is 19.2 Å². The average Bonchev–Trinajstić information content (AvgIpc) is 2.56. The van der Waals surface area contributed by atoms with Gasteiger partial charge in [-0.25, -0.2) is 0 Å². The molecule has 1 atom stereocenters. The predicted octanol–water partition coefficient (Wildman–Crippen LogP) is 2.48. The molecule has 1 aromatic carbocycles. The van der Waals surface area contributed by atoms with E-state index < -0.39 is 6.04 Å². The summed E-state index contributed by atoms with van der Waals surface area (Å²) in [5.74, 6) is -1.02. The summed E-state index contributed by atoms with van der Waals surface area (Å²) in [6.07, 6.45) is 0.531. The zero-order chi connectivity index (χ0) is 18.8. The molecule has 1 unspecified atom stereocenters. The van der Waals surface area contributed by atoms with E-state index in [1.165, 1.54) is 6.92 Å². The lowest BCUT2D eigenvalue weighted by atomic mass is 9.97. The number of hydrogen-bond acceptors (Lipinski definition) is 4. The molecule has 0 aliphatic heterocycles. The highest BCUT2D eigenvalue weighted by Crippen LogP contribution is 2.10. The Hall–Kier alpha value is -2.50. The Morgan fingerprint density at radius 1 is 0.920 bits per heavy atom. The first-order chi connectivity index (χ1) is 11.8. The lowest BCUT2D eigenvalue weighted by Gasteiger charge is -2.19. The number of carbonyl (C=O) groups is 4. The van der Waals surface area contributed by atoms with E-state index in [4.69, 9.17) is 0 Å². The number of para-hydroxylation sites is 1. The van der Waals surface area contributed by atoms with Gasteiger partial charge in [-0.15, -0.1) is 0 Å². The standard InChI is InChI=1S/C19H26N2O4/c1-13(2)19(25)16(21-18(24)11-9-14(3)22)10-12-17(23)20-15-7-5-4-6-8-15/h4-8,13,16H,9-12H2,1-3H3,(H,20,23)(H,21,24). The summed E-state index contributed by atoms with van der Waals surface area (Å²) in [6, 6.07) is 8.31. The van der Waals surface area contributed by atoms with Gasteiger partial charge in [0.15, 0.2) is 5.78 Å². The second-order valence-corrected chi connectivity index (χ2v) is 6.33. The van der Waals surface area contributed by atoms with Gasteiger partial charge in [0.2, 0.25) is 11.8 Å². The zero-order valence-corrected chi connectivity index (χ0v) is 15.0. The Morgan fingerprint density at radius 2 is 1.56 bits per heavy atom. The third-order valence-corrected chi connectivity index (χ3v) is 3.67. The molecular weight excluding hydrogens is 320 g/mol. The van der Waals surface area contributed by atoms with Gasteiger partial charge in [0, 0.05) is 30.9 Å². The second kappa shape index (κ2) is 10.4. The van der Waals surface area contributed by atoms with E-state index in [1.807, 2.05) is 18.2 Å². The van der Waals surface area contributed by atoms with Crippen molar-refractivity contribution in [2.24, 2.45) is 5.92 Å². The number of Topliss-reactive ketones (excluding diaryl/α,β-unsaturated/α-hetero) is 2. The number of anilines is 1. The maximum atomic E-state index is 12.3. The van der Waals surface area contributed by atoms with Gasteiger partial charge >= 0.3 is 0 Å². The van der Waals surface area contributed by atoms with Crippen LogP contribution in [-0.4, -0.2) is 29.4 Å². The molecule has 6 nitrogen and oxygen atoms in total. The van der Waals surface area contributed by atoms with E-state index in [9.17, 15) is 19.2 Å². The molecule has 0 bridgehead atoms. The Bertz CT molecular complexity index is 611. The fourth-order valence-corrected chi connectivity index (χ4v) is 2.26. The van der Waals surface area contributed by atoms with Crippen LogP contribution >= 0.6 is 0 Å². The number of ketones is 2. The molecule has 6 heteroatoms. The van der Waals surface area contributed by atoms with Crippen LogP contribution in [0.5, 0.6) is 0 Å². The minimum atomic E-state index is -0.721. The first-order valence-corrected chi connectivity index (χ1v) is 8.47. The molecule has 2 amide bonds. The van der Waals surface area contributed by atoms with Gasteiger partial charge in [0.1, 0.15) is 5.78 Å². The molecule has 0 heterocycles. The summed E-state index contributed by atoms with van der Waals surface area (Å²) < 4.78 is 0. The van der Waals surface area contributed by atoms with Crippen LogP contribution in [0.3, 0.4) is 0 Å². The monoisotopic (exact) mass is 346 g/mol. The molecule has 0 spiro atoms. The molecule has 1 rings (SSSR count). The van der Waals surface area contributed by atoms with Crippen LogP contribution in [0, 0.1) is 5.92 Å². The van der Waals surface area contributed by atoms with E-state index in [0.717, 1.165) is 0 Å². The molecule has 0 radical (unpaired) electrons. The predicted molar refractivity (Wildman–Crippen MR) is 96.0 cm³/mol. The number of carbonyl (C=O) groups excluding carboxylic acids is 4. The first kappa shape index (κ1) is 20.5. The fourth-order valence-electron chi connectivity index (χ4n) is 2.26. The number of amides is 2. The van der Waals surface area contributed by atoms with Crippen LogP contribution in [0.2, 0.25) is 0 Å². The van der Waals surface area contributed by atoms with Crippen molar-refractivity contribution in [2.45, 2.75) is 52.5 Å². The van der Waals surface area contributed by atoms with Gasteiger partial charge in [0.25, 0.3) is 0 Å². The van der Waals surface area contributed by atoms with E-state index >= 15 is 0 Å². The minimum absolute atomic E-state index is 0.0490. The fraction of sp³-hybridized carbons (Fsp3) is 0.474. The largest absolute Gasteiger partial charge is 0.346 e. The second-order valence-electron chi connectivity index (χ2n) is 6.33. The zero-order valence-electron chi connectivity index (χ0n) is 15.0. The maximum Gasteiger partial charge on any atom is 0.224 e. The van der Waals surface area contributed by atoms with Gasteiger partial charge in [-0.2, -0.15) is 0 Å². The highest BCUT2D eigenvalue weighted by atomic mass is 16.2. The van der Waals surface area contributed by atoms with Gasteiger partial charge in [-0.3, -0.25) is 14.4 Å². The van der Waals surface area contributed by atoms with Gasteiger partial charge in [-0.05, 0) is 25.5 Å². The summed E-state index contributed by atoms with van der Waals surface area (Å²) in [5.41, 5.74) is 0.685. The van der Waals surface area contributed by atoms with Crippen molar-refractivity contribution in [3.05, 3.63) is 30.3 Å². The third-order valence-electron chi connectivity index (χ3n) is 3.67. The summed E-state index contributed by atoms with van der Waals surface area (Å²) in [5, 5.41) is 5.40. The summed E-state index contributed by atoms with van der Waals surface area (Å²) in [7, 11) is 0. The van der Waals surface area contributed by atoms with Gasteiger partial charge in [0.05, 0.1) is 6.04 Å². The van der Waals surface area contributed by atoms with Crippen LogP contribution < -0.4 is 10.6 Å². The van der Waals surface area contributed by atoms with Crippen molar-refractivity contribution in [1.82, 2.24) is 5.32 Å². The van der Waals surface area contributed by atoms with Crippen molar-refractivity contribution in [3.8, 4) is 0 Å².